The molecule has 2 aliphatic rings. The average Bonchev–Trinajstić information content (AvgIpc) is 3.26. The van der Waals surface area contributed by atoms with Gasteiger partial charge in [-0.25, -0.2) is 27.2 Å². The average molecular weight is 509 g/mol. The number of nitrogens with zero attached hydrogens (tertiary/aromatic N) is 2. The van der Waals surface area contributed by atoms with Gasteiger partial charge in [0.2, 0.25) is 0 Å². The van der Waals surface area contributed by atoms with Crippen LogP contribution < -0.4 is 10.6 Å². The van der Waals surface area contributed by atoms with E-state index < -0.39 is 34.9 Å². The Kier molecular flexibility index (Phi) is 7.12. The smallest absolute Gasteiger partial charge is 0.322 e. The first-order valence-electron chi connectivity index (χ1n) is 11.7. The minimum Gasteiger partial charge on any atom is -0.389 e. The summed E-state index contributed by atoms with van der Waals surface area (Å²) in [5.41, 5.74) is -0.268. The lowest BCUT2D eigenvalue weighted by Crippen LogP contribution is -2.48. The van der Waals surface area contributed by atoms with Gasteiger partial charge in [-0.2, -0.15) is 0 Å². The van der Waals surface area contributed by atoms with Crippen molar-refractivity contribution >= 4 is 17.7 Å². The summed E-state index contributed by atoms with van der Waals surface area (Å²) in [7, 11) is 0. The number of nitrogens with one attached hydrogen (secondary N) is 2. The highest BCUT2D eigenvalue weighted by Gasteiger charge is 2.30. The molecule has 36 heavy (non-hydrogen) atoms. The van der Waals surface area contributed by atoms with Crippen LogP contribution in [-0.2, 0) is 13.1 Å². The SMILES string of the molecule is CC(C)(O)CNC(=O)N1CCC(c2ccc(NC(=O)N3Cc4cc(F)c(F)c(F)c4C3)c(F)c2)CC1. The highest BCUT2D eigenvalue weighted by Crippen LogP contribution is 2.32. The predicted molar refractivity (Wildman–Crippen MR) is 124 cm³/mol. The number of benzene rings is 2. The Labute approximate surface area is 206 Å². The van der Waals surface area contributed by atoms with Crippen LogP contribution in [0.15, 0.2) is 24.3 Å². The fourth-order valence-electron chi connectivity index (χ4n) is 4.49. The van der Waals surface area contributed by atoms with Crippen molar-refractivity contribution in [2.45, 2.75) is 51.3 Å². The van der Waals surface area contributed by atoms with Crippen LogP contribution >= 0.6 is 0 Å². The van der Waals surface area contributed by atoms with Crippen molar-refractivity contribution in [2.24, 2.45) is 0 Å². The Morgan fingerprint density at radius 2 is 1.67 bits per heavy atom. The van der Waals surface area contributed by atoms with Gasteiger partial charge in [0, 0.05) is 31.7 Å². The highest BCUT2D eigenvalue weighted by molar-refractivity contribution is 5.89. The van der Waals surface area contributed by atoms with Crippen molar-refractivity contribution in [1.82, 2.24) is 15.1 Å². The summed E-state index contributed by atoms with van der Waals surface area (Å²) < 4.78 is 55.8. The summed E-state index contributed by atoms with van der Waals surface area (Å²) in [4.78, 5) is 27.7. The quantitative estimate of drug-likeness (QED) is 0.422. The van der Waals surface area contributed by atoms with Crippen molar-refractivity contribution in [2.75, 3.05) is 25.0 Å². The molecule has 3 N–H and O–H groups in total. The molecule has 0 aromatic heterocycles. The van der Waals surface area contributed by atoms with Gasteiger partial charge in [-0.05, 0) is 61.9 Å². The number of carbonyl (C=O) groups excluding carboxylic acids is 2. The number of carbonyl (C=O) groups is 2. The van der Waals surface area contributed by atoms with Gasteiger partial charge in [0.25, 0.3) is 0 Å². The van der Waals surface area contributed by atoms with Crippen molar-refractivity contribution in [1.29, 1.82) is 0 Å². The molecule has 4 rings (SSSR count). The summed E-state index contributed by atoms with van der Waals surface area (Å²) in [6.07, 6.45) is 1.26. The summed E-state index contributed by atoms with van der Waals surface area (Å²) in [5, 5.41) is 14.9. The van der Waals surface area contributed by atoms with Crippen molar-refractivity contribution in [3.63, 3.8) is 0 Å². The van der Waals surface area contributed by atoms with Gasteiger partial charge in [0.15, 0.2) is 17.5 Å². The fourth-order valence-corrected chi connectivity index (χ4v) is 4.49. The lowest BCUT2D eigenvalue weighted by atomic mass is 9.89. The zero-order valence-electron chi connectivity index (χ0n) is 20.0. The van der Waals surface area contributed by atoms with Crippen molar-refractivity contribution < 1.29 is 32.3 Å². The van der Waals surface area contributed by atoms with E-state index in [1.165, 1.54) is 12.1 Å². The molecular weight excluding hydrogens is 480 g/mol. The van der Waals surface area contributed by atoms with Crippen LogP contribution in [0.5, 0.6) is 0 Å². The second-order valence-corrected chi connectivity index (χ2v) is 9.88. The minimum atomic E-state index is -1.58. The van der Waals surface area contributed by atoms with Gasteiger partial charge in [-0.3, -0.25) is 0 Å². The second kappa shape index (κ2) is 9.96. The summed E-state index contributed by atoms with van der Waals surface area (Å²) in [6.45, 7) is 3.92. The van der Waals surface area contributed by atoms with E-state index in [-0.39, 0.29) is 48.4 Å². The molecule has 194 valence electrons. The van der Waals surface area contributed by atoms with E-state index >= 15 is 0 Å². The summed E-state index contributed by atoms with van der Waals surface area (Å²) >= 11 is 0. The first-order valence-corrected chi connectivity index (χ1v) is 11.7. The molecule has 7 nitrogen and oxygen atoms in total. The second-order valence-electron chi connectivity index (χ2n) is 9.88. The van der Waals surface area contributed by atoms with Crippen LogP contribution in [0, 0.1) is 23.3 Å². The number of urea groups is 2. The van der Waals surface area contributed by atoms with Gasteiger partial charge < -0.3 is 25.5 Å². The number of amides is 4. The number of hydrogen-bond acceptors (Lipinski definition) is 3. The first-order chi connectivity index (χ1) is 16.9. The van der Waals surface area contributed by atoms with E-state index in [0.717, 1.165) is 16.5 Å². The molecule has 0 aliphatic carbocycles. The third-order valence-corrected chi connectivity index (χ3v) is 6.51. The van der Waals surface area contributed by atoms with Crippen molar-refractivity contribution in [3.8, 4) is 0 Å². The molecule has 4 amide bonds. The largest absolute Gasteiger partial charge is 0.389 e. The van der Waals surface area contributed by atoms with Crippen LogP contribution in [0.2, 0.25) is 0 Å². The van der Waals surface area contributed by atoms with E-state index in [4.69, 9.17) is 0 Å². The Bertz CT molecular complexity index is 1180. The topological polar surface area (TPSA) is 84.9 Å². The zero-order valence-corrected chi connectivity index (χ0v) is 20.0. The maximum absolute atomic E-state index is 14.8. The standard InChI is InChI=1S/C25H28F4N4O3/c1-25(2,36)13-30-23(34)32-7-5-14(6-8-32)15-3-4-20(18(26)9-15)31-24(35)33-11-16-10-19(27)22(29)21(28)17(16)12-33/h3-4,9-10,14,36H,5-8,11-13H2,1-2H3,(H,30,34)(H,31,35). The molecule has 2 aromatic carbocycles. The molecule has 2 aromatic rings. The zero-order chi connectivity index (χ0) is 26.2. The lowest BCUT2D eigenvalue weighted by Gasteiger charge is -2.33. The van der Waals surface area contributed by atoms with Crippen LogP contribution in [0.1, 0.15) is 49.3 Å². The van der Waals surface area contributed by atoms with Gasteiger partial charge in [0.05, 0.1) is 17.8 Å². The Morgan fingerprint density at radius 3 is 2.31 bits per heavy atom. The number of rotatable bonds is 4. The molecule has 0 spiro atoms. The summed E-state index contributed by atoms with van der Waals surface area (Å²) in [6, 6.07) is 4.37. The number of fused-ring (bicyclic) bond motifs is 1. The molecule has 1 fully saturated rings. The van der Waals surface area contributed by atoms with Gasteiger partial charge >= 0.3 is 12.1 Å². The third-order valence-electron chi connectivity index (χ3n) is 6.51. The Hall–Kier alpha value is -3.34. The predicted octanol–water partition coefficient (Wildman–Crippen LogP) is 4.45. The fraction of sp³-hybridized carbons (Fsp3) is 0.440. The van der Waals surface area contributed by atoms with Gasteiger partial charge in [0.1, 0.15) is 5.82 Å². The lowest BCUT2D eigenvalue weighted by molar-refractivity contribution is 0.0788. The molecule has 0 bridgehead atoms. The monoisotopic (exact) mass is 508 g/mol. The van der Waals surface area contributed by atoms with E-state index in [0.29, 0.717) is 25.9 Å². The molecule has 2 aliphatic heterocycles. The summed E-state index contributed by atoms with van der Waals surface area (Å²) in [5.74, 6) is -4.85. The van der Waals surface area contributed by atoms with E-state index in [1.54, 1.807) is 24.8 Å². The normalized spacial score (nSPS) is 16.2. The molecule has 0 radical (unpaired) electrons. The maximum atomic E-state index is 14.8. The molecule has 0 unspecified atom stereocenters. The number of aliphatic hydroxyl groups is 1. The van der Waals surface area contributed by atoms with E-state index in [1.807, 2.05) is 0 Å². The number of likely N-dealkylation sites (tertiary alicyclic amines) is 1. The van der Waals surface area contributed by atoms with Gasteiger partial charge in [-0.1, -0.05) is 6.07 Å². The molecule has 2 heterocycles. The molecule has 0 saturated carbocycles. The molecular formula is C25H28F4N4O3. The van der Waals surface area contributed by atoms with Crippen molar-refractivity contribution in [3.05, 3.63) is 64.2 Å². The number of hydrogen-bond donors (Lipinski definition) is 3. The molecule has 11 heteroatoms. The number of halogens is 4. The van der Waals surface area contributed by atoms with Crippen LogP contribution in [0.3, 0.4) is 0 Å². The highest BCUT2D eigenvalue weighted by atomic mass is 19.2. The third kappa shape index (κ3) is 5.56. The van der Waals surface area contributed by atoms with E-state index in [2.05, 4.69) is 10.6 Å². The first kappa shape index (κ1) is 25.7. The Morgan fingerprint density at radius 1 is 0.972 bits per heavy atom. The van der Waals surface area contributed by atoms with E-state index in [9.17, 15) is 32.3 Å². The Balaban J connectivity index is 1.33. The number of piperidine rings is 1. The van der Waals surface area contributed by atoms with Gasteiger partial charge in [-0.15, -0.1) is 0 Å². The number of anilines is 1. The molecule has 1 saturated heterocycles. The van der Waals surface area contributed by atoms with Crippen LogP contribution in [-0.4, -0.2) is 52.2 Å². The van der Waals surface area contributed by atoms with Crippen LogP contribution in [0.25, 0.3) is 0 Å². The van der Waals surface area contributed by atoms with Crippen LogP contribution in [0.4, 0.5) is 32.8 Å². The molecule has 0 atom stereocenters. The maximum Gasteiger partial charge on any atom is 0.322 e. The minimum absolute atomic E-state index is 0.0310.